The summed E-state index contributed by atoms with van der Waals surface area (Å²) in [6, 6.07) is 7.75. The van der Waals surface area contributed by atoms with Gasteiger partial charge in [0.25, 0.3) is 0 Å². The van der Waals surface area contributed by atoms with Crippen LogP contribution in [-0.2, 0) is 7.05 Å². The average molecular weight is 288 g/mol. The summed E-state index contributed by atoms with van der Waals surface area (Å²) in [4.78, 5) is 12.1. The van der Waals surface area contributed by atoms with E-state index >= 15 is 0 Å². The Labute approximate surface area is 119 Å². The van der Waals surface area contributed by atoms with Crippen LogP contribution in [0.25, 0.3) is 20.7 Å². The van der Waals surface area contributed by atoms with Crippen molar-refractivity contribution in [2.75, 3.05) is 7.11 Å². The Morgan fingerprint density at radius 3 is 2.95 bits per heavy atom. The van der Waals surface area contributed by atoms with Gasteiger partial charge in [0.15, 0.2) is 0 Å². The minimum atomic E-state index is -0.975. The van der Waals surface area contributed by atoms with Crippen LogP contribution in [0.3, 0.4) is 0 Å². The first-order valence-corrected chi connectivity index (χ1v) is 6.75. The van der Waals surface area contributed by atoms with E-state index in [4.69, 9.17) is 4.74 Å². The van der Waals surface area contributed by atoms with Gasteiger partial charge in [0.05, 0.1) is 28.6 Å². The van der Waals surface area contributed by atoms with E-state index in [-0.39, 0.29) is 5.56 Å². The molecule has 3 rings (SSSR count). The average Bonchev–Trinajstić information content (AvgIpc) is 3.00. The fourth-order valence-corrected chi connectivity index (χ4v) is 3.44. The van der Waals surface area contributed by atoms with Crippen molar-refractivity contribution in [1.29, 1.82) is 0 Å². The Balaban J connectivity index is 2.26. The number of hydrogen-bond donors (Lipinski definition) is 1. The first-order chi connectivity index (χ1) is 9.61. The molecular formula is C14H12N2O3S. The van der Waals surface area contributed by atoms with Gasteiger partial charge >= 0.3 is 5.97 Å². The molecule has 20 heavy (non-hydrogen) atoms. The van der Waals surface area contributed by atoms with Gasteiger partial charge in [-0.25, -0.2) is 4.79 Å². The number of nitrogens with zero attached hydrogens (tertiary/aromatic N) is 2. The number of thiophene rings is 1. The molecule has 1 aromatic carbocycles. The second-order valence-corrected chi connectivity index (χ2v) is 5.38. The number of hydrogen-bond acceptors (Lipinski definition) is 4. The van der Waals surface area contributed by atoms with Gasteiger partial charge in [-0.1, -0.05) is 12.1 Å². The number of carbonyl (C=O) groups is 1. The molecule has 2 heterocycles. The predicted molar refractivity (Wildman–Crippen MR) is 77.5 cm³/mol. The molecule has 5 nitrogen and oxygen atoms in total. The minimum Gasteiger partial charge on any atom is -0.495 e. The maximum absolute atomic E-state index is 11.3. The molecule has 0 radical (unpaired) electrons. The van der Waals surface area contributed by atoms with Gasteiger partial charge in [-0.3, -0.25) is 4.68 Å². The molecule has 6 heteroatoms. The summed E-state index contributed by atoms with van der Waals surface area (Å²) in [5, 5.41) is 14.3. The summed E-state index contributed by atoms with van der Waals surface area (Å²) in [6.45, 7) is 0. The van der Waals surface area contributed by atoms with Gasteiger partial charge < -0.3 is 9.84 Å². The molecule has 0 atom stereocenters. The summed E-state index contributed by atoms with van der Waals surface area (Å²) in [5.41, 5.74) is 0.818. The van der Waals surface area contributed by atoms with Gasteiger partial charge in [-0.05, 0) is 17.5 Å². The lowest BCUT2D eigenvalue weighted by atomic mass is 10.2. The topological polar surface area (TPSA) is 64.3 Å². The predicted octanol–water partition coefficient (Wildman–Crippen LogP) is 3.01. The van der Waals surface area contributed by atoms with Crippen LogP contribution in [0.2, 0.25) is 0 Å². The zero-order chi connectivity index (χ0) is 14.3. The van der Waals surface area contributed by atoms with Crippen LogP contribution in [0, 0.1) is 0 Å². The van der Waals surface area contributed by atoms with Gasteiger partial charge in [0.2, 0.25) is 0 Å². The van der Waals surface area contributed by atoms with E-state index < -0.39 is 5.97 Å². The molecule has 0 spiro atoms. The first kappa shape index (κ1) is 12.7. The van der Waals surface area contributed by atoms with Crippen molar-refractivity contribution in [3.8, 4) is 16.3 Å². The summed E-state index contributed by atoms with van der Waals surface area (Å²) < 4.78 is 7.92. The fraction of sp³-hybridized carbons (Fsp3) is 0.143. The number of aromatic nitrogens is 2. The number of carboxylic acids is 1. The smallest absolute Gasteiger partial charge is 0.339 e. The third kappa shape index (κ3) is 1.85. The molecule has 0 aliphatic heterocycles. The summed E-state index contributed by atoms with van der Waals surface area (Å²) in [6.07, 6.45) is 1.37. The fourth-order valence-electron chi connectivity index (χ4n) is 2.20. The highest BCUT2D eigenvalue weighted by Crippen LogP contribution is 2.39. The van der Waals surface area contributed by atoms with Gasteiger partial charge in [-0.2, -0.15) is 5.10 Å². The third-order valence-corrected chi connectivity index (χ3v) is 4.30. The molecule has 0 saturated carbocycles. The molecular weight excluding hydrogens is 276 g/mol. The highest BCUT2D eigenvalue weighted by Gasteiger charge is 2.19. The standard InChI is InChI=1S/C14H12N2O3S/c1-16-12(9(7-15-16)14(17)18)11-6-8-4-3-5-10(19-2)13(8)20-11/h3-7H,1-2H3,(H,17,18). The van der Waals surface area contributed by atoms with Crippen molar-refractivity contribution >= 4 is 27.4 Å². The third-order valence-electron chi connectivity index (χ3n) is 3.13. The number of aromatic carboxylic acids is 1. The van der Waals surface area contributed by atoms with Crippen LogP contribution in [0.15, 0.2) is 30.5 Å². The highest BCUT2D eigenvalue weighted by atomic mass is 32.1. The van der Waals surface area contributed by atoms with Crippen LogP contribution >= 0.6 is 11.3 Å². The monoisotopic (exact) mass is 288 g/mol. The molecule has 0 aliphatic rings. The number of fused-ring (bicyclic) bond motifs is 1. The van der Waals surface area contributed by atoms with Crippen LogP contribution in [0.4, 0.5) is 0 Å². The number of benzene rings is 1. The molecule has 3 aromatic rings. The Kier molecular flexibility index (Phi) is 2.94. The Morgan fingerprint density at radius 1 is 1.45 bits per heavy atom. The van der Waals surface area contributed by atoms with E-state index in [2.05, 4.69) is 5.10 Å². The minimum absolute atomic E-state index is 0.207. The quantitative estimate of drug-likeness (QED) is 0.804. The van der Waals surface area contributed by atoms with E-state index in [0.29, 0.717) is 5.69 Å². The van der Waals surface area contributed by atoms with Crippen LogP contribution in [-0.4, -0.2) is 28.0 Å². The van der Waals surface area contributed by atoms with Crippen molar-refractivity contribution in [2.45, 2.75) is 0 Å². The molecule has 0 aliphatic carbocycles. The van der Waals surface area contributed by atoms with E-state index in [9.17, 15) is 9.90 Å². The Morgan fingerprint density at radius 2 is 2.25 bits per heavy atom. The molecule has 2 aromatic heterocycles. The van der Waals surface area contributed by atoms with Crippen molar-refractivity contribution in [2.24, 2.45) is 7.05 Å². The van der Waals surface area contributed by atoms with Gasteiger partial charge in [0.1, 0.15) is 11.3 Å². The summed E-state index contributed by atoms with van der Waals surface area (Å²) in [7, 11) is 3.37. The summed E-state index contributed by atoms with van der Waals surface area (Å²) >= 11 is 1.50. The van der Waals surface area contributed by atoms with Crippen LogP contribution in [0.5, 0.6) is 5.75 Å². The van der Waals surface area contributed by atoms with Crippen molar-refractivity contribution in [3.63, 3.8) is 0 Å². The highest BCUT2D eigenvalue weighted by molar-refractivity contribution is 7.22. The van der Waals surface area contributed by atoms with Gasteiger partial charge in [-0.15, -0.1) is 11.3 Å². The Bertz CT molecular complexity index is 804. The maximum Gasteiger partial charge on any atom is 0.339 e. The number of ether oxygens (including phenoxy) is 1. The number of aryl methyl sites for hydroxylation is 1. The molecule has 0 amide bonds. The molecule has 102 valence electrons. The molecule has 0 bridgehead atoms. The van der Waals surface area contributed by atoms with Crippen molar-refractivity contribution < 1.29 is 14.6 Å². The second kappa shape index (κ2) is 4.64. The SMILES string of the molecule is COc1cccc2cc(-c3c(C(=O)O)cnn3C)sc12. The van der Waals surface area contributed by atoms with Crippen molar-refractivity contribution in [1.82, 2.24) is 9.78 Å². The molecule has 1 N–H and O–H groups in total. The van der Waals surface area contributed by atoms with Crippen molar-refractivity contribution in [3.05, 3.63) is 36.0 Å². The maximum atomic E-state index is 11.3. The van der Waals surface area contributed by atoms with E-state index in [1.54, 1.807) is 18.8 Å². The van der Waals surface area contributed by atoms with E-state index in [1.165, 1.54) is 17.5 Å². The summed E-state index contributed by atoms with van der Waals surface area (Å²) in [5.74, 6) is -0.185. The van der Waals surface area contributed by atoms with E-state index in [1.807, 2.05) is 24.3 Å². The lowest BCUT2D eigenvalue weighted by Crippen LogP contribution is -1.99. The first-order valence-electron chi connectivity index (χ1n) is 5.94. The second-order valence-electron chi connectivity index (χ2n) is 4.32. The zero-order valence-corrected chi connectivity index (χ0v) is 11.8. The van der Waals surface area contributed by atoms with Crippen LogP contribution < -0.4 is 4.74 Å². The largest absolute Gasteiger partial charge is 0.495 e. The molecule has 0 unspecified atom stereocenters. The van der Waals surface area contributed by atoms with Crippen LogP contribution in [0.1, 0.15) is 10.4 Å². The van der Waals surface area contributed by atoms with Gasteiger partial charge in [0, 0.05) is 7.05 Å². The number of methoxy groups -OCH3 is 1. The lowest BCUT2D eigenvalue weighted by molar-refractivity contribution is 0.0697. The molecule has 0 fully saturated rings. The number of rotatable bonds is 3. The van der Waals surface area contributed by atoms with E-state index in [0.717, 1.165) is 20.7 Å². The zero-order valence-electron chi connectivity index (χ0n) is 11.0. The number of carboxylic acid groups (broad SMARTS) is 1. The lowest BCUT2D eigenvalue weighted by Gasteiger charge is -2.00. The normalized spacial score (nSPS) is 10.9. The Hall–Kier alpha value is -2.34. The molecule has 0 saturated heterocycles.